The van der Waals surface area contributed by atoms with E-state index < -0.39 is 18.0 Å². The summed E-state index contributed by atoms with van der Waals surface area (Å²) in [4.78, 5) is 11.4. The lowest BCUT2D eigenvalue weighted by atomic mass is 9.93. The minimum Gasteiger partial charge on any atom is -0.481 e. The molecule has 2 aromatic carbocycles. The smallest absolute Gasteiger partial charge is 0.314 e. The molecule has 0 saturated heterocycles. The lowest BCUT2D eigenvalue weighted by Gasteiger charge is -2.14. The topological polar surface area (TPSA) is 57.5 Å². The van der Waals surface area contributed by atoms with Crippen LogP contribution in [0, 0.1) is 18.8 Å². The predicted molar refractivity (Wildman–Crippen MR) is 80.9 cm³/mol. The normalized spacial score (nSPS) is 12.9. The van der Waals surface area contributed by atoms with E-state index in [2.05, 4.69) is 11.8 Å². The number of carbonyl (C=O) groups is 1. The molecular formula is C18H16O3. The molecule has 2 aromatic rings. The first kappa shape index (κ1) is 14.8. The number of rotatable bonds is 3. The Labute approximate surface area is 123 Å². The van der Waals surface area contributed by atoms with Crippen molar-refractivity contribution in [3.05, 3.63) is 71.3 Å². The summed E-state index contributed by atoms with van der Waals surface area (Å²) in [5, 5.41) is 19.4. The van der Waals surface area contributed by atoms with Crippen LogP contribution in [0.3, 0.4) is 0 Å². The van der Waals surface area contributed by atoms with Crippen molar-refractivity contribution >= 4 is 5.97 Å². The zero-order valence-electron chi connectivity index (χ0n) is 11.7. The van der Waals surface area contributed by atoms with Crippen LogP contribution >= 0.6 is 0 Å². The third-order valence-electron chi connectivity index (χ3n) is 3.16. The Morgan fingerprint density at radius 1 is 1.05 bits per heavy atom. The molecule has 0 radical (unpaired) electrons. The summed E-state index contributed by atoms with van der Waals surface area (Å²) in [6.07, 6.45) is -1.26. The second-order valence-electron chi connectivity index (χ2n) is 4.81. The molecule has 2 atom stereocenters. The Bertz CT molecular complexity index is 663. The van der Waals surface area contributed by atoms with Gasteiger partial charge in [-0.05, 0) is 24.6 Å². The van der Waals surface area contributed by atoms with Crippen molar-refractivity contribution in [3.8, 4) is 11.8 Å². The van der Waals surface area contributed by atoms with Gasteiger partial charge < -0.3 is 10.2 Å². The highest BCUT2D eigenvalue weighted by atomic mass is 16.4. The predicted octanol–water partition coefficient (Wildman–Crippen LogP) is 2.58. The molecule has 0 aromatic heterocycles. The van der Waals surface area contributed by atoms with E-state index in [1.54, 1.807) is 30.3 Å². The maximum absolute atomic E-state index is 11.4. The number of aliphatic hydroxyl groups excluding tert-OH is 1. The van der Waals surface area contributed by atoms with E-state index in [0.717, 1.165) is 11.1 Å². The second kappa shape index (κ2) is 6.74. The molecule has 3 nitrogen and oxygen atoms in total. The monoisotopic (exact) mass is 280 g/mol. The van der Waals surface area contributed by atoms with Gasteiger partial charge >= 0.3 is 5.97 Å². The average Bonchev–Trinajstić information content (AvgIpc) is 2.47. The van der Waals surface area contributed by atoms with Gasteiger partial charge in [-0.1, -0.05) is 59.9 Å². The fourth-order valence-corrected chi connectivity index (χ4v) is 2.00. The van der Waals surface area contributed by atoms with E-state index in [-0.39, 0.29) is 0 Å². The van der Waals surface area contributed by atoms with Crippen LogP contribution in [-0.2, 0) is 4.79 Å². The number of aliphatic hydroxyl groups is 1. The van der Waals surface area contributed by atoms with Crippen molar-refractivity contribution < 1.29 is 15.0 Å². The summed E-state index contributed by atoms with van der Waals surface area (Å²) < 4.78 is 0. The van der Waals surface area contributed by atoms with E-state index >= 15 is 0 Å². The van der Waals surface area contributed by atoms with Crippen molar-refractivity contribution in [2.75, 3.05) is 0 Å². The molecular weight excluding hydrogens is 264 g/mol. The van der Waals surface area contributed by atoms with Crippen LogP contribution in [0.2, 0.25) is 0 Å². The molecule has 0 fully saturated rings. The van der Waals surface area contributed by atoms with Crippen molar-refractivity contribution in [2.24, 2.45) is 0 Å². The Hall–Kier alpha value is -2.57. The fraction of sp³-hybridized carbons (Fsp3) is 0.167. The largest absolute Gasteiger partial charge is 0.481 e. The fourth-order valence-electron chi connectivity index (χ4n) is 2.00. The summed E-state index contributed by atoms with van der Waals surface area (Å²) in [6.45, 7) is 1.97. The molecule has 0 spiro atoms. The highest BCUT2D eigenvalue weighted by Crippen LogP contribution is 2.19. The number of aliphatic carboxylic acids is 1. The minimum absolute atomic E-state index is 0.538. The molecule has 106 valence electrons. The van der Waals surface area contributed by atoms with Gasteiger partial charge in [0.15, 0.2) is 0 Å². The Balaban J connectivity index is 2.23. The van der Waals surface area contributed by atoms with Gasteiger partial charge in [0.25, 0.3) is 0 Å². The lowest BCUT2D eigenvalue weighted by Crippen LogP contribution is -2.24. The second-order valence-corrected chi connectivity index (χ2v) is 4.81. The molecule has 0 saturated carbocycles. The summed E-state index contributed by atoms with van der Waals surface area (Å²) in [5.74, 6) is 3.29. The molecule has 0 bridgehead atoms. The standard InChI is InChI=1S/C18H16O3/c1-13-7-9-14(10-8-13)11-12-16(19)17(18(20)21)15-5-3-2-4-6-15/h2-10,16-17,19H,1H3,(H,20,21)/t16?,17-/m1/s1. The van der Waals surface area contributed by atoms with E-state index in [0.29, 0.717) is 5.56 Å². The molecule has 2 rings (SSSR count). The maximum Gasteiger partial charge on any atom is 0.314 e. The van der Waals surface area contributed by atoms with Gasteiger partial charge in [0.05, 0.1) is 0 Å². The molecule has 0 heterocycles. The molecule has 0 aliphatic carbocycles. The summed E-state index contributed by atoms with van der Waals surface area (Å²) in [5.41, 5.74) is 2.40. The van der Waals surface area contributed by atoms with Crippen molar-refractivity contribution in [1.29, 1.82) is 0 Å². The molecule has 1 unspecified atom stereocenters. The number of benzene rings is 2. The van der Waals surface area contributed by atoms with Gasteiger partial charge in [-0.2, -0.15) is 0 Å². The molecule has 2 N–H and O–H groups in total. The molecule has 3 heteroatoms. The van der Waals surface area contributed by atoms with Gasteiger partial charge in [-0.15, -0.1) is 0 Å². The third kappa shape index (κ3) is 3.95. The van der Waals surface area contributed by atoms with Crippen LogP contribution < -0.4 is 0 Å². The van der Waals surface area contributed by atoms with Crippen LogP contribution in [0.1, 0.15) is 22.6 Å². The first-order valence-corrected chi connectivity index (χ1v) is 6.62. The summed E-state index contributed by atoms with van der Waals surface area (Å²) >= 11 is 0. The van der Waals surface area contributed by atoms with Crippen LogP contribution in [0.4, 0.5) is 0 Å². The SMILES string of the molecule is Cc1ccc(C#CC(O)[C@H](C(=O)O)c2ccccc2)cc1. The summed E-state index contributed by atoms with van der Waals surface area (Å²) in [7, 11) is 0. The van der Waals surface area contributed by atoms with Gasteiger partial charge in [0.1, 0.15) is 12.0 Å². The zero-order valence-corrected chi connectivity index (χ0v) is 11.7. The maximum atomic E-state index is 11.4. The lowest BCUT2D eigenvalue weighted by molar-refractivity contribution is -0.140. The minimum atomic E-state index is -1.26. The quantitative estimate of drug-likeness (QED) is 0.850. The van der Waals surface area contributed by atoms with Crippen LogP contribution in [0.15, 0.2) is 54.6 Å². The Kier molecular flexibility index (Phi) is 4.76. The van der Waals surface area contributed by atoms with Gasteiger partial charge in [-0.3, -0.25) is 4.79 Å². The number of hydrogen-bond acceptors (Lipinski definition) is 2. The molecule has 0 aliphatic heterocycles. The van der Waals surface area contributed by atoms with E-state index in [4.69, 9.17) is 0 Å². The average molecular weight is 280 g/mol. The highest BCUT2D eigenvalue weighted by Gasteiger charge is 2.26. The van der Waals surface area contributed by atoms with E-state index in [1.807, 2.05) is 31.2 Å². The van der Waals surface area contributed by atoms with Gasteiger partial charge in [-0.25, -0.2) is 0 Å². The number of carboxylic acids is 1. The van der Waals surface area contributed by atoms with Gasteiger partial charge in [0.2, 0.25) is 0 Å². The van der Waals surface area contributed by atoms with Crippen molar-refractivity contribution in [1.82, 2.24) is 0 Å². The van der Waals surface area contributed by atoms with Crippen LogP contribution in [0.5, 0.6) is 0 Å². The number of carboxylic acid groups (broad SMARTS) is 1. The molecule has 0 aliphatic rings. The van der Waals surface area contributed by atoms with E-state index in [1.165, 1.54) is 0 Å². The summed E-state index contributed by atoms with van der Waals surface area (Å²) in [6, 6.07) is 16.2. The zero-order chi connectivity index (χ0) is 15.2. The van der Waals surface area contributed by atoms with Crippen LogP contribution in [-0.4, -0.2) is 22.3 Å². The molecule has 0 amide bonds. The number of hydrogen-bond donors (Lipinski definition) is 2. The molecule has 21 heavy (non-hydrogen) atoms. The van der Waals surface area contributed by atoms with Crippen molar-refractivity contribution in [3.63, 3.8) is 0 Å². The first-order chi connectivity index (χ1) is 10.1. The highest BCUT2D eigenvalue weighted by molar-refractivity contribution is 5.77. The first-order valence-electron chi connectivity index (χ1n) is 6.62. The Morgan fingerprint density at radius 2 is 1.67 bits per heavy atom. The third-order valence-corrected chi connectivity index (χ3v) is 3.16. The van der Waals surface area contributed by atoms with Crippen molar-refractivity contribution in [2.45, 2.75) is 18.9 Å². The van der Waals surface area contributed by atoms with E-state index in [9.17, 15) is 15.0 Å². The van der Waals surface area contributed by atoms with Crippen LogP contribution in [0.25, 0.3) is 0 Å². The van der Waals surface area contributed by atoms with Gasteiger partial charge in [0, 0.05) is 5.56 Å². The number of aryl methyl sites for hydroxylation is 1. The Morgan fingerprint density at radius 3 is 2.24 bits per heavy atom.